The molecule has 0 fully saturated rings. The third kappa shape index (κ3) is 2.08. The molecule has 1 rings (SSSR count). The van der Waals surface area contributed by atoms with Crippen LogP contribution in [-0.4, -0.2) is 16.7 Å². The van der Waals surface area contributed by atoms with Gasteiger partial charge >= 0.3 is 0 Å². The van der Waals surface area contributed by atoms with Gasteiger partial charge in [-0.3, -0.25) is 0 Å². The lowest BCUT2D eigenvalue weighted by Gasteiger charge is -1.88. The van der Waals surface area contributed by atoms with Gasteiger partial charge in [-0.15, -0.1) is 0 Å². The lowest BCUT2D eigenvalue weighted by atomic mass is 10.3. The van der Waals surface area contributed by atoms with Crippen LogP contribution < -0.4 is 0 Å². The van der Waals surface area contributed by atoms with Crippen molar-refractivity contribution in [2.75, 3.05) is 6.61 Å². The third-order valence-electron chi connectivity index (χ3n) is 1.75. The molecule has 0 saturated heterocycles. The minimum atomic E-state index is 0.138. The van der Waals surface area contributed by atoms with Crippen molar-refractivity contribution in [2.45, 2.75) is 33.1 Å². The summed E-state index contributed by atoms with van der Waals surface area (Å²) in [6.07, 6.45) is 2.52. The number of aromatic nitrogens is 1. The number of aryl methyl sites for hydroxylation is 2. The molecule has 1 aromatic heterocycles. The highest BCUT2D eigenvalue weighted by Crippen LogP contribution is 2.11. The van der Waals surface area contributed by atoms with Gasteiger partial charge in [0, 0.05) is 19.4 Å². The Hall–Kier alpha value is -0.830. The van der Waals surface area contributed by atoms with Crippen LogP contribution in [0.3, 0.4) is 0 Å². The Morgan fingerprint density at radius 1 is 1.42 bits per heavy atom. The molecule has 0 saturated carbocycles. The van der Waals surface area contributed by atoms with Crippen LogP contribution in [0.25, 0.3) is 0 Å². The van der Waals surface area contributed by atoms with Gasteiger partial charge in [-0.05, 0) is 13.3 Å². The van der Waals surface area contributed by atoms with Crippen LogP contribution in [0.15, 0.2) is 4.42 Å². The second kappa shape index (κ2) is 4.26. The lowest BCUT2D eigenvalue weighted by Crippen LogP contribution is -1.93. The number of aliphatic hydroxyl groups is 1. The van der Waals surface area contributed by atoms with Gasteiger partial charge < -0.3 is 9.52 Å². The van der Waals surface area contributed by atoms with E-state index in [4.69, 9.17) is 9.52 Å². The summed E-state index contributed by atoms with van der Waals surface area (Å²) in [5.74, 6) is 1.63. The van der Waals surface area contributed by atoms with E-state index < -0.39 is 0 Å². The van der Waals surface area contributed by atoms with Crippen molar-refractivity contribution < 1.29 is 9.52 Å². The van der Waals surface area contributed by atoms with Gasteiger partial charge in [0.25, 0.3) is 0 Å². The van der Waals surface area contributed by atoms with E-state index in [1.165, 1.54) is 0 Å². The fraction of sp³-hybridized carbons (Fsp3) is 0.667. The summed E-state index contributed by atoms with van der Waals surface area (Å²) in [6.45, 7) is 4.11. The molecule has 3 nitrogen and oxygen atoms in total. The van der Waals surface area contributed by atoms with Gasteiger partial charge in [0.2, 0.25) is 0 Å². The number of aliphatic hydroxyl groups excluding tert-OH is 1. The number of nitrogens with zero attached hydrogens (tertiary/aromatic N) is 1. The molecule has 0 spiro atoms. The van der Waals surface area contributed by atoms with E-state index >= 15 is 0 Å². The molecular formula is C9H15NO2. The first-order valence-electron chi connectivity index (χ1n) is 4.34. The lowest BCUT2D eigenvalue weighted by molar-refractivity contribution is 0.297. The van der Waals surface area contributed by atoms with Crippen LogP contribution in [0, 0.1) is 6.92 Å². The van der Waals surface area contributed by atoms with E-state index in [-0.39, 0.29) is 6.61 Å². The Morgan fingerprint density at radius 2 is 2.17 bits per heavy atom. The molecule has 0 unspecified atom stereocenters. The summed E-state index contributed by atoms with van der Waals surface area (Å²) in [7, 11) is 0. The quantitative estimate of drug-likeness (QED) is 0.742. The van der Waals surface area contributed by atoms with Crippen LogP contribution in [-0.2, 0) is 12.8 Å². The van der Waals surface area contributed by atoms with Gasteiger partial charge in [-0.1, -0.05) is 6.92 Å². The molecule has 68 valence electrons. The molecule has 0 atom stereocenters. The van der Waals surface area contributed by atoms with E-state index in [9.17, 15) is 0 Å². The van der Waals surface area contributed by atoms with Crippen LogP contribution in [0.4, 0.5) is 0 Å². The maximum Gasteiger partial charge on any atom is 0.194 e. The molecule has 0 aliphatic rings. The van der Waals surface area contributed by atoms with E-state index in [0.29, 0.717) is 6.42 Å². The SMILES string of the molecule is CCCc1nc(CCO)c(C)o1. The largest absolute Gasteiger partial charge is 0.446 e. The average Bonchev–Trinajstić information content (AvgIpc) is 2.34. The summed E-state index contributed by atoms with van der Waals surface area (Å²) in [6, 6.07) is 0. The van der Waals surface area contributed by atoms with E-state index in [1.54, 1.807) is 0 Å². The fourth-order valence-electron chi connectivity index (χ4n) is 1.15. The van der Waals surface area contributed by atoms with Crippen LogP contribution >= 0.6 is 0 Å². The molecule has 1 N–H and O–H groups in total. The molecule has 0 amide bonds. The predicted molar refractivity (Wildman–Crippen MR) is 46.0 cm³/mol. The van der Waals surface area contributed by atoms with Crippen LogP contribution in [0.5, 0.6) is 0 Å². The molecular weight excluding hydrogens is 154 g/mol. The van der Waals surface area contributed by atoms with Crippen molar-refractivity contribution in [3.8, 4) is 0 Å². The van der Waals surface area contributed by atoms with Crippen molar-refractivity contribution in [3.63, 3.8) is 0 Å². The highest BCUT2D eigenvalue weighted by molar-refractivity contribution is 5.08. The van der Waals surface area contributed by atoms with Crippen molar-refractivity contribution in [1.29, 1.82) is 0 Å². The molecule has 1 heterocycles. The number of oxazole rings is 1. The Morgan fingerprint density at radius 3 is 2.75 bits per heavy atom. The predicted octanol–water partition coefficient (Wildman–Crippen LogP) is 1.47. The van der Waals surface area contributed by atoms with Crippen LogP contribution in [0.2, 0.25) is 0 Å². The zero-order valence-corrected chi connectivity index (χ0v) is 7.63. The highest BCUT2D eigenvalue weighted by Gasteiger charge is 2.07. The first kappa shape index (κ1) is 9.26. The Balaban J connectivity index is 2.70. The Bertz CT molecular complexity index is 243. The van der Waals surface area contributed by atoms with E-state index in [0.717, 1.165) is 30.2 Å². The minimum absolute atomic E-state index is 0.138. The summed E-state index contributed by atoms with van der Waals surface area (Å²) < 4.78 is 5.39. The normalized spacial score (nSPS) is 10.6. The maximum atomic E-state index is 8.70. The van der Waals surface area contributed by atoms with Crippen molar-refractivity contribution in [3.05, 3.63) is 17.3 Å². The third-order valence-corrected chi connectivity index (χ3v) is 1.75. The molecule has 12 heavy (non-hydrogen) atoms. The van der Waals surface area contributed by atoms with Gasteiger partial charge in [-0.25, -0.2) is 4.98 Å². The molecule has 0 radical (unpaired) electrons. The molecule has 0 aliphatic carbocycles. The van der Waals surface area contributed by atoms with Crippen molar-refractivity contribution in [1.82, 2.24) is 4.98 Å². The standard InChI is InChI=1S/C9H15NO2/c1-3-4-9-10-8(5-6-11)7(2)12-9/h11H,3-6H2,1-2H3. The van der Waals surface area contributed by atoms with Crippen molar-refractivity contribution >= 4 is 0 Å². The number of rotatable bonds is 4. The summed E-state index contributed by atoms with van der Waals surface area (Å²) >= 11 is 0. The summed E-state index contributed by atoms with van der Waals surface area (Å²) in [4.78, 5) is 4.26. The van der Waals surface area contributed by atoms with Crippen molar-refractivity contribution in [2.24, 2.45) is 0 Å². The number of hydrogen-bond donors (Lipinski definition) is 1. The molecule has 1 aromatic rings. The van der Waals surface area contributed by atoms with E-state index in [1.807, 2.05) is 6.92 Å². The summed E-state index contributed by atoms with van der Waals surface area (Å²) in [5.41, 5.74) is 0.890. The second-order valence-electron chi connectivity index (χ2n) is 2.83. The fourth-order valence-corrected chi connectivity index (χ4v) is 1.15. The monoisotopic (exact) mass is 169 g/mol. The smallest absolute Gasteiger partial charge is 0.194 e. The van der Waals surface area contributed by atoms with E-state index in [2.05, 4.69) is 11.9 Å². The molecule has 0 bridgehead atoms. The molecule has 0 aliphatic heterocycles. The first-order valence-corrected chi connectivity index (χ1v) is 4.34. The van der Waals surface area contributed by atoms with Gasteiger partial charge in [0.05, 0.1) is 5.69 Å². The zero-order chi connectivity index (χ0) is 8.97. The van der Waals surface area contributed by atoms with Gasteiger partial charge in [0.15, 0.2) is 5.89 Å². The van der Waals surface area contributed by atoms with Crippen LogP contribution in [0.1, 0.15) is 30.7 Å². The molecule has 0 aromatic carbocycles. The minimum Gasteiger partial charge on any atom is -0.446 e. The van der Waals surface area contributed by atoms with Gasteiger partial charge in [-0.2, -0.15) is 0 Å². The molecule has 3 heteroatoms. The Kier molecular flexibility index (Phi) is 3.29. The topological polar surface area (TPSA) is 46.3 Å². The maximum absolute atomic E-state index is 8.70. The second-order valence-corrected chi connectivity index (χ2v) is 2.83. The zero-order valence-electron chi connectivity index (χ0n) is 7.63. The average molecular weight is 169 g/mol. The summed E-state index contributed by atoms with van der Waals surface area (Å²) in [5, 5.41) is 8.70. The Labute approximate surface area is 72.4 Å². The number of hydrogen-bond acceptors (Lipinski definition) is 3. The highest BCUT2D eigenvalue weighted by atomic mass is 16.4. The van der Waals surface area contributed by atoms with Gasteiger partial charge in [0.1, 0.15) is 5.76 Å². The first-order chi connectivity index (χ1) is 5.77.